The Kier molecular flexibility index (Phi) is 4.21. The van der Waals surface area contributed by atoms with E-state index in [0.717, 1.165) is 24.0 Å². The van der Waals surface area contributed by atoms with E-state index in [2.05, 4.69) is 10.0 Å². The van der Waals surface area contributed by atoms with Gasteiger partial charge in [-0.3, -0.25) is 0 Å². The van der Waals surface area contributed by atoms with E-state index < -0.39 is 10.0 Å². The number of hydrogen-bond acceptors (Lipinski definition) is 4. The van der Waals surface area contributed by atoms with Crippen molar-refractivity contribution in [2.45, 2.75) is 12.5 Å². The summed E-state index contributed by atoms with van der Waals surface area (Å²) < 4.78 is 29.9. The van der Waals surface area contributed by atoms with Gasteiger partial charge in [0.25, 0.3) is 0 Å². The molecule has 1 heterocycles. The van der Waals surface area contributed by atoms with Crippen LogP contribution in [0, 0.1) is 0 Å². The van der Waals surface area contributed by atoms with Gasteiger partial charge in [0.15, 0.2) is 0 Å². The standard InChI is InChI=1S/C12H18N2O3S/c1-18(15,16)14-8-7-13-11-6-9-17-12-5-3-2-4-10(11)12/h2-5,11,13-14H,6-9H2,1H3. The summed E-state index contributed by atoms with van der Waals surface area (Å²) >= 11 is 0. The molecule has 0 bridgehead atoms. The Morgan fingerprint density at radius 2 is 2.11 bits per heavy atom. The summed E-state index contributed by atoms with van der Waals surface area (Å²) in [4.78, 5) is 0. The molecule has 1 aromatic carbocycles. The first kappa shape index (κ1) is 13.3. The third kappa shape index (κ3) is 3.69. The summed E-state index contributed by atoms with van der Waals surface area (Å²) in [7, 11) is -3.10. The Morgan fingerprint density at radius 1 is 1.33 bits per heavy atom. The SMILES string of the molecule is CS(=O)(=O)NCCNC1CCOc2ccccc21. The lowest BCUT2D eigenvalue weighted by Crippen LogP contribution is -2.34. The van der Waals surface area contributed by atoms with Crippen molar-refractivity contribution in [3.8, 4) is 5.75 Å². The summed E-state index contributed by atoms with van der Waals surface area (Å²) in [6.07, 6.45) is 2.06. The van der Waals surface area contributed by atoms with Crippen LogP contribution >= 0.6 is 0 Å². The topological polar surface area (TPSA) is 67.4 Å². The van der Waals surface area contributed by atoms with Gasteiger partial charge in [0.1, 0.15) is 5.75 Å². The van der Waals surface area contributed by atoms with Crippen LogP contribution in [0.15, 0.2) is 24.3 Å². The number of para-hydroxylation sites is 1. The number of ether oxygens (including phenoxy) is 1. The lowest BCUT2D eigenvalue weighted by atomic mass is 10.0. The number of hydrogen-bond donors (Lipinski definition) is 2. The molecule has 0 spiro atoms. The molecule has 1 aliphatic heterocycles. The Labute approximate surface area is 108 Å². The van der Waals surface area contributed by atoms with Crippen molar-refractivity contribution in [1.29, 1.82) is 0 Å². The first-order valence-corrected chi connectivity index (χ1v) is 7.85. The van der Waals surface area contributed by atoms with E-state index in [1.165, 1.54) is 0 Å². The van der Waals surface area contributed by atoms with Gasteiger partial charge >= 0.3 is 0 Å². The normalized spacial score (nSPS) is 19.1. The quantitative estimate of drug-likeness (QED) is 0.771. The average molecular weight is 270 g/mol. The highest BCUT2D eigenvalue weighted by Crippen LogP contribution is 2.31. The van der Waals surface area contributed by atoms with Crippen molar-refractivity contribution in [2.24, 2.45) is 0 Å². The monoisotopic (exact) mass is 270 g/mol. The number of sulfonamides is 1. The van der Waals surface area contributed by atoms with Crippen LogP contribution in [0.1, 0.15) is 18.0 Å². The highest BCUT2D eigenvalue weighted by molar-refractivity contribution is 7.88. The minimum Gasteiger partial charge on any atom is -0.493 e. The fourth-order valence-corrected chi connectivity index (χ4v) is 2.51. The van der Waals surface area contributed by atoms with Gasteiger partial charge in [-0.2, -0.15) is 0 Å². The highest BCUT2D eigenvalue weighted by Gasteiger charge is 2.19. The molecule has 0 amide bonds. The average Bonchev–Trinajstić information content (AvgIpc) is 2.33. The first-order valence-electron chi connectivity index (χ1n) is 5.96. The third-order valence-corrected chi connectivity index (χ3v) is 3.57. The van der Waals surface area contributed by atoms with Gasteiger partial charge in [-0.05, 0) is 6.07 Å². The van der Waals surface area contributed by atoms with E-state index in [1.807, 2.05) is 24.3 Å². The van der Waals surface area contributed by atoms with Crippen LogP contribution < -0.4 is 14.8 Å². The third-order valence-electron chi connectivity index (χ3n) is 2.84. The number of benzene rings is 1. The van der Waals surface area contributed by atoms with E-state index in [1.54, 1.807) is 0 Å². The van der Waals surface area contributed by atoms with Crippen LogP contribution in [0.3, 0.4) is 0 Å². The van der Waals surface area contributed by atoms with Crippen molar-refractivity contribution in [2.75, 3.05) is 26.0 Å². The molecule has 2 rings (SSSR count). The maximum Gasteiger partial charge on any atom is 0.208 e. The highest BCUT2D eigenvalue weighted by atomic mass is 32.2. The van der Waals surface area contributed by atoms with Gasteiger partial charge in [0.05, 0.1) is 12.9 Å². The fourth-order valence-electron chi connectivity index (χ4n) is 2.04. The number of rotatable bonds is 5. The van der Waals surface area contributed by atoms with Crippen molar-refractivity contribution in [3.63, 3.8) is 0 Å². The Balaban J connectivity index is 1.88. The van der Waals surface area contributed by atoms with Crippen LogP contribution in [-0.4, -0.2) is 34.4 Å². The van der Waals surface area contributed by atoms with Crippen LogP contribution in [-0.2, 0) is 10.0 Å². The Morgan fingerprint density at radius 3 is 2.89 bits per heavy atom. The molecule has 2 N–H and O–H groups in total. The summed E-state index contributed by atoms with van der Waals surface area (Å²) in [5, 5.41) is 3.34. The van der Waals surface area contributed by atoms with Crippen LogP contribution in [0.2, 0.25) is 0 Å². The van der Waals surface area contributed by atoms with Crippen LogP contribution in [0.4, 0.5) is 0 Å². The van der Waals surface area contributed by atoms with E-state index in [4.69, 9.17) is 4.74 Å². The van der Waals surface area contributed by atoms with Crippen molar-refractivity contribution in [1.82, 2.24) is 10.0 Å². The molecule has 5 nitrogen and oxygen atoms in total. The van der Waals surface area contributed by atoms with Crippen molar-refractivity contribution >= 4 is 10.0 Å². The Hall–Kier alpha value is -1.11. The zero-order valence-electron chi connectivity index (χ0n) is 10.3. The molecule has 0 radical (unpaired) electrons. The summed E-state index contributed by atoms with van der Waals surface area (Å²) in [5.41, 5.74) is 1.14. The fraction of sp³-hybridized carbons (Fsp3) is 0.500. The molecule has 1 unspecified atom stereocenters. The molecular weight excluding hydrogens is 252 g/mol. The van der Waals surface area contributed by atoms with Crippen molar-refractivity contribution in [3.05, 3.63) is 29.8 Å². The minimum absolute atomic E-state index is 0.233. The maximum atomic E-state index is 10.9. The lowest BCUT2D eigenvalue weighted by molar-refractivity contribution is 0.253. The van der Waals surface area contributed by atoms with E-state index in [9.17, 15) is 8.42 Å². The predicted octanol–water partition coefficient (Wildman–Crippen LogP) is 0.649. The van der Waals surface area contributed by atoms with Gasteiger partial charge in [-0.25, -0.2) is 13.1 Å². The Bertz CT molecular complexity index is 502. The van der Waals surface area contributed by atoms with E-state index in [-0.39, 0.29) is 6.04 Å². The molecule has 0 saturated carbocycles. The molecule has 1 aromatic rings. The summed E-state index contributed by atoms with van der Waals surface area (Å²) in [6.45, 7) is 1.69. The van der Waals surface area contributed by atoms with Gasteiger partial charge in [-0.15, -0.1) is 0 Å². The largest absolute Gasteiger partial charge is 0.493 e. The molecule has 18 heavy (non-hydrogen) atoms. The minimum atomic E-state index is -3.10. The summed E-state index contributed by atoms with van der Waals surface area (Å²) in [6, 6.07) is 8.16. The maximum absolute atomic E-state index is 10.9. The molecule has 1 atom stereocenters. The van der Waals surface area contributed by atoms with E-state index in [0.29, 0.717) is 19.7 Å². The van der Waals surface area contributed by atoms with E-state index >= 15 is 0 Å². The molecule has 1 aliphatic rings. The molecule has 0 aliphatic carbocycles. The first-order chi connectivity index (χ1) is 8.56. The zero-order chi connectivity index (χ0) is 13.0. The molecular formula is C12H18N2O3S. The lowest BCUT2D eigenvalue weighted by Gasteiger charge is -2.26. The van der Waals surface area contributed by atoms with Crippen LogP contribution in [0.5, 0.6) is 5.75 Å². The molecule has 100 valence electrons. The second-order valence-corrected chi connectivity index (χ2v) is 6.18. The molecule has 0 saturated heterocycles. The van der Waals surface area contributed by atoms with Gasteiger partial charge < -0.3 is 10.1 Å². The second kappa shape index (κ2) is 5.69. The predicted molar refractivity (Wildman–Crippen MR) is 70.1 cm³/mol. The van der Waals surface area contributed by atoms with Gasteiger partial charge in [0, 0.05) is 31.1 Å². The van der Waals surface area contributed by atoms with Crippen molar-refractivity contribution < 1.29 is 13.2 Å². The molecule has 6 heteroatoms. The van der Waals surface area contributed by atoms with Gasteiger partial charge in [0.2, 0.25) is 10.0 Å². The second-order valence-electron chi connectivity index (χ2n) is 4.35. The smallest absolute Gasteiger partial charge is 0.208 e. The zero-order valence-corrected chi connectivity index (χ0v) is 11.2. The number of nitrogens with one attached hydrogen (secondary N) is 2. The number of fused-ring (bicyclic) bond motifs is 1. The molecule has 0 fully saturated rings. The van der Waals surface area contributed by atoms with Crippen LogP contribution in [0.25, 0.3) is 0 Å². The molecule has 0 aromatic heterocycles. The summed E-state index contributed by atoms with van der Waals surface area (Å²) in [5.74, 6) is 0.914. The van der Waals surface area contributed by atoms with Gasteiger partial charge in [-0.1, -0.05) is 18.2 Å².